The standard InChI is InChI=1S/C15H26N2O/c1-6-12(2)15(3,11-16)17(4)13-8-7-9-14(10-13)18-5/h7-10,12H,6,11,16H2,1-5H3. The van der Waals surface area contributed by atoms with E-state index in [2.05, 4.69) is 44.9 Å². The molecule has 0 fully saturated rings. The predicted octanol–water partition coefficient (Wildman–Crippen LogP) is 2.89. The molecule has 0 spiro atoms. The highest BCUT2D eigenvalue weighted by molar-refractivity contribution is 5.52. The largest absolute Gasteiger partial charge is 0.497 e. The van der Waals surface area contributed by atoms with Crippen LogP contribution in [0.4, 0.5) is 5.69 Å². The molecule has 0 aromatic heterocycles. The Labute approximate surface area is 111 Å². The summed E-state index contributed by atoms with van der Waals surface area (Å²) in [7, 11) is 3.80. The second-order valence-corrected chi connectivity index (χ2v) is 5.13. The van der Waals surface area contributed by atoms with Crippen LogP contribution in [0.2, 0.25) is 0 Å². The fraction of sp³-hybridized carbons (Fsp3) is 0.600. The summed E-state index contributed by atoms with van der Waals surface area (Å²) in [5.41, 5.74) is 7.12. The lowest BCUT2D eigenvalue weighted by atomic mass is 9.83. The molecule has 0 amide bonds. The zero-order valence-corrected chi connectivity index (χ0v) is 12.2. The molecule has 0 aliphatic heterocycles. The Morgan fingerprint density at radius 2 is 2.11 bits per heavy atom. The van der Waals surface area contributed by atoms with Crippen LogP contribution in [0.5, 0.6) is 5.75 Å². The molecule has 0 saturated carbocycles. The molecular formula is C15H26N2O. The maximum Gasteiger partial charge on any atom is 0.120 e. The third-order valence-corrected chi connectivity index (χ3v) is 4.29. The molecule has 2 atom stereocenters. The van der Waals surface area contributed by atoms with Crippen molar-refractivity contribution >= 4 is 5.69 Å². The van der Waals surface area contributed by atoms with Gasteiger partial charge in [-0.1, -0.05) is 26.3 Å². The van der Waals surface area contributed by atoms with Crippen LogP contribution >= 0.6 is 0 Å². The SMILES string of the molecule is CCC(C)C(C)(CN)N(C)c1cccc(OC)c1. The number of hydrogen-bond acceptors (Lipinski definition) is 3. The van der Waals surface area contributed by atoms with Crippen LogP contribution in [-0.4, -0.2) is 26.2 Å². The summed E-state index contributed by atoms with van der Waals surface area (Å²) in [6, 6.07) is 8.12. The van der Waals surface area contributed by atoms with Gasteiger partial charge in [0.25, 0.3) is 0 Å². The van der Waals surface area contributed by atoms with Gasteiger partial charge in [-0.15, -0.1) is 0 Å². The number of nitrogens with zero attached hydrogens (tertiary/aromatic N) is 1. The van der Waals surface area contributed by atoms with Crippen LogP contribution in [0, 0.1) is 5.92 Å². The highest BCUT2D eigenvalue weighted by Crippen LogP contribution is 2.31. The maximum absolute atomic E-state index is 6.02. The molecule has 2 unspecified atom stereocenters. The third-order valence-electron chi connectivity index (χ3n) is 4.29. The van der Waals surface area contributed by atoms with Gasteiger partial charge in [0, 0.05) is 25.3 Å². The Hall–Kier alpha value is -1.22. The van der Waals surface area contributed by atoms with Crippen molar-refractivity contribution in [2.45, 2.75) is 32.7 Å². The summed E-state index contributed by atoms with van der Waals surface area (Å²) >= 11 is 0. The second kappa shape index (κ2) is 6.10. The summed E-state index contributed by atoms with van der Waals surface area (Å²) in [6.07, 6.45) is 1.11. The summed E-state index contributed by atoms with van der Waals surface area (Å²) in [5, 5.41) is 0. The average Bonchev–Trinajstić information content (AvgIpc) is 2.44. The molecule has 3 heteroatoms. The normalized spacial score (nSPS) is 15.9. The van der Waals surface area contributed by atoms with E-state index in [-0.39, 0.29) is 5.54 Å². The first-order valence-corrected chi connectivity index (χ1v) is 6.57. The van der Waals surface area contributed by atoms with E-state index in [9.17, 15) is 0 Å². The molecule has 0 saturated heterocycles. The molecule has 102 valence electrons. The van der Waals surface area contributed by atoms with Crippen molar-refractivity contribution in [2.75, 3.05) is 25.6 Å². The van der Waals surface area contributed by atoms with E-state index >= 15 is 0 Å². The third kappa shape index (κ3) is 2.78. The number of benzene rings is 1. The minimum absolute atomic E-state index is 0.0406. The number of hydrogen-bond donors (Lipinski definition) is 1. The van der Waals surface area contributed by atoms with Gasteiger partial charge in [-0.3, -0.25) is 0 Å². The topological polar surface area (TPSA) is 38.5 Å². The minimum Gasteiger partial charge on any atom is -0.497 e. The lowest BCUT2D eigenvalue weighted by Crippen LogP contribution is -2.54. The van der Waals surface area contributed by atoms with Gasteiger partial charge in [-0.05, 0) is 25.0 Å². The Morgan fingerprint density at radius 1 is 1.44 bits per heavy atom. The van der Waals surface area contributed by atoms with Gasteiger partial charge in [-0.2, -0.15) is 0 Å². The minimum atomic E-state index is -0.0406. The quantitative estimate of drug-likeness (QED) is 0.843. The molecule has 0 heterocycles. The summed E-state index contributed by atoms with van der Waals surface area (Å²) < 4.78 is 5.28. The second-order valence-electron chi connectivity index (χ2n) is 5.13. The van der Waals surface area contributed by atoms with Gasteiger partial charge in [0.15, 0.2) is 0 Å². The van der Waals surface area contributed by atoms with Crippen LogP contribution in [0.1, 0.15) is 27.2 Å². The number of likely N-dealkylation sites (N-methyl/N-ethyl adjacent to an activating group) is 1. The molecule has 0 bridgehead atoms. The first kappa shape index (κ1) is 14.8. The van der Waals surface area contributed by atoms with Crippen molar-refractivity contribution in [1.29, 1.82) is 0 Å². The number of nitrogens with two attached hydrogens (primary N) is 1. The molecule has 0 aliphatic rings. The van der Waals surface area contributed by atoms with Crippen LogP contribution in [0.15, 0.2) is 24.3 Å². The zero-order valence-electron chi connectivity index (χ0n) is 12.2. The van der Waals surface area contributed by atoms with Crippen molar-refractivity contribution in [2.24, 2.45) is 11.7 Å². The smallest absolute Gasteiger partial charge is 0.120 e. The lowest BCUT2D eigenvalue weighted by molar-refractivity contribution is 0.303. The highest BCUT2D eigenvalue weighted by Gasteiger charge is 2.33. The highest BCUT2D eigenvalue weighted by atomic mass is 16.5. The maximum atomic E-state index is 6.02. The van der Waals surface area contributed by atoms with Gasteiger partial charge < -0.3 is 15.4 Å². The van der Waals surface area contributed by atoms with E-state index in [1.807, 2.05) is 12.1 Å². The summed E-state index contributed by atoms with van der Waals surface area (Å²) in [4.78, 5) is 2.27. The first-order valence-electron chi connectivity index (χ1n) is 6.57. The molecular weight excluding hydrogens is 224 g/mol. The molecule has 1 aromatic rings. The Bertz CT molecular complexity index is 381. The van der Waals surface area contributed by atoms with E-state index in [4.69, 9.17) is 10.5 Å². The summed E-state index contributed by atoms with van der Waals surface area (Å²) in [5.74, 6) is 1.40. The molecule has 3 nitrogen and oxygen atoms in total. The van der Waals surface area contributed by atoms with Crippen LogP contribution < -0.4 is 15.4 Å². The Kier molecular flexibility index (Phi) is 5.03. The molecule has 1 rings (SSSR count). The number of methoxy groups -OCH3 is 1. The molecule has 2 N–H and O–H groups in total. The molecule has 0 aliphatic carbocycles. The fourth-order valence-electron chi connectivity index (χ4n) is 2.22. The van der Waals surface area contributed by atoms with Gasteiger partial charge in [0.2, 0.25) is 0 Å². The molecule has 1 aromatic carbocycles. The van der Waals surface area contributed by atoms with E-state index in [1.54, 1.807) is 7.11 Å². The van der Waals surface area contributed by atoms with E-state index in [0.717, 1.165) is 17.9 Å². The van der Waals surface area contributed by atoms with E-state index in [1.165, 1.54) is 0 Å². The molecule has 18 heavy (non-hydrogen) atoms. The van der Waals surface area contributed by atoms with Gasteiger partial charge in [0.05, 0.1) is 12.6 Å². The van der Waals surface area contributed by atoms with Gasteiger partial charge in [-0.25, -0.2) is 0 Å². The Balaban J connectivity index is 3.06. The van der Waals surface area contributed by atoms with Crippen molar-refractivity contribution in [1.82, 2.24) is 0 Å². The van der Waals surface area contributed by atoms with Gasteiger partial charge >= 0.3 is 0 Å². The predicted molar refractivity (Wildman–Crippen MR) is 78.3 cm³/mol. The van der Waals surface area contributed by atoms with Gasteiger partial charge in [0.1, 0.15) is 5.75 Å². The zero-order chi connectivity index (χ0) is 13.8. The van der Waals surface area contributed by atoms with E-state index < -0.39 is 0 Å². The molecule has 0 radical (unpaired) electrons. The van der Waals surface area contributed by atoms with Crippen LogP contribution in [0.25, 0.3) is 0 Å². The average molecular weight is 250 g/mol. The first-order chi connectivity index (χ1) is 8.49. The van der Waals surface area contributed by atoms with E-state index in [0.29, 0.717) is 12.5 Å². The van der Waals surface area contributed by atoms with Crippen LogP contribution in [0.3, 0.4) is 0 Å². The lowest BCUT2D eigenvalue weighted by Gasteiger charge is -2.44. The summed E-state index contributed by atoms with van der Waals surface area (Å²) in [6.45, 7) is 7.32. The van der Waals surface area contributed by atoms with Crippen molar-refractivity contribution in [3.05, 3.63) is 24.3 Å². The number of ether oxygens (including phenoxy) is 1. The number of anilines is 1. The fourth-order valence-corrected chi connectivity index (χ4v) is 2.22. The monoisotopic (exact) mass is 250 g/mol. The number of rotatable bonds is 6. The van der Waals surface area contributed by atoms with Crippen molar-refractivity contribution in [3.63, 3.8) is 0 Å². The van der Waals surface area contributed by atoms with Crippen LogP contribution in [-0.2, 0) is 0 Å². The van der Waals surface area contributed by atoms with Crippen molar-refractivity contribution in [3.8, 4) is 5.75 Å². The Morgan fingerprint density at radius 3 is 2.61 bits per heavy atom. The van der Waals surface area contributed by atoms with Crippen molar-refractivity contribution < 1.29 is 4.74 Å².